The van der Waals surface area contributed by atoms with Crippen molar-refractivity contribution in [1.29, 1.82) is 0 Å². The Morgan fingerprint density at radius 3 is 2.44 bits per heavy atom. The summed E-state index contributed by atoms with van der Waals surface area (Å²) in [4.78, 5) is 16.6. The molecule has 0 aromatic heterocycles. The van der Waals surface area contributed by atoms with Crippen LogP contribution in [0.3, 0.4) is 0 Å². The van der Waals surface area contributed by atoms with E-state index < -0.39 is 5.60 Å². The van der Waals surface area contributed by atoms with E-state index in [1.54, 1.807) is 12.0 Å². The molecule has 1 N–H and O–H groups in total. The summed E-state index contributed by atoms with van der Waals surface area (Å²) in [7, 11) is 5.45. The molecule has 1 saturated heterocycles. The quantitative estimate of drug-likeness (QED) is 0.252. The Balaban J connectivity index is 1.10. The molecule has 6 aliphatic rings. The van der Waals surface area contributed by atoms with Crippen molar-refractivity contribution in [2.75, 3.05) is 47.5 Å². The molecule has 1 heterocycles. The molecule has 48 heavy (non-hydrogen) atoms. The largest absolute Gasteiger partial charge is 0.388 e. The van der Waals surface area contributed by atoms with Gasteiger partial charge in [-0.25, -0.2) is 0 Å². The van der Waals surface area contributed by atoms with Gasteiger partial charge in [-0.3, -0.25) is 9.69 Å². The lowest BCUT2D eigenvalue weighted by molar-refractivity contribution is -0.247. The molecule has 8 nitrogen and oxygen atoms in total. The number of morpholine rings is 1. The van der Waals surface area contributed by atoms with Crippen molar-refractivity contribution in [3.8, 4) is 0 Å². The molecule has 5 aliphatic carbocycles. The van der Waals surface area contributed by atoms with Gasteiger partial charge >= 0.3 is 0 Å². The van der Waals surface area contributed by atoms with E-state index in [-0.39, 0.29) is 42.0 Å². The van der Waals surface area contributed by atoms with Gasteiger partial charge < -0.3 is 29.0 Å². The SMILES string of the molecule is CCO[C@@H](C(CC[C@H]1CCC2C3CC[C@H]4C(C)(C)[C@@H](OC5CN([C@H](C)C(=O)N(C)C)CCO5)CC[C@@]45CC35CC[C@@]21C)OC)C(C)(C)O. The Kier molecular flexibility index (Phi) is 10.3. The van der Waals surface area contributed by atoms with Crippen LogP contribution in [0.2, 0.25) is 0 Å². The summed E-state index contributed by atoms with van der Waals surface area (Å²) in [6.07, 6.45) is 13.7. The fourth-order valence-corrected chi connectivity index (χ4v) is 13.2. The van der Waals surface area contributed by atoms with E-state index in [2.05, 4.69) is 25.7 Å². The fourth-order valence-electron chi connectivity index (χ4n) is 13.2. The molecule has 1 amide bonds. The third-order valence-corrected chi connectivity index (χ3v) is 15.6. The topological polar surface area (TPSA) is 80.7 Å². The maximum atomic E-state index is 12.7. The van der Waals surface area contributed by atoms with Crippen molar-refractivity contribution in [1.82, 2.24) is 9.80 Å². The number of hydrogen-bond acceptors (Lipinski definition) is 7. The van der Waals surface area contributed by atoms with Crippen LogP contribution in [0.4, 0.5) is 0 Å². The lowest BCUT2D eigenvalue weighted by Gasteiger charge is -2.60. The predicted octanol–water partition coefficient (Wildman–Crippen LogP) is 6.53. The van der Waals surface area contributed by atoms with Crippen LogP contribution in [0.15, 0.2) is 0 Å². The van der Waals surface area contributed by atoms with Gasteiger partial charge in [-0.15, -0.1) is 0 Å². The van der Waals surface area contributed by atoms with Crippen LogP contribution in [0.25, 0.3) is 0 Å². The standard InChI is InChI=1S/C40H70N2O6/c1-11-46-34(37(5,6)44)30(45-10)16-13-27-12-14-28-29-15-17-31-36(3,4)32(18-19-40(31)25-39(29,40)21-20-38(27,28)7)48-33-24-42(22-23-47-33)26(2)35(43)41(8)9/h26-34,44H,11-25H2,1-10H3/t26-,27-,28?,29?,30?,31+,32+,33?,34+,38-,39?,40-/m1/s1. The van der Waals surface area contributed by atoms with Crippen LogP contribution in [0.5, 0.6) is 0 Å². The Morgan fingerprint density at radius 1 is 1.04 bits per heavy atom. The van der Waals surface area contributed by atoms with Crippen LogP contribution >= 0.6 is 0 Å². The van der Waals surface area contributed by atoms with Gasteiger partial charge in [0.05, 0.1) is 37.0 Å². The maximum absolute atomic E-state index is 12.7. The summed E-state index contributed by atoms with van der Waals surface area (Å²) in [6.45, 7) is 18.0. The second-order valence-corrected chi connectivity index (χ2v) is 18.7. The second-order valence-electron chi connectivity index (χ2n) is 18.7. The third kappa shape index (κ3) is 6.02. The first-order chi connectivity index (χ1) is 22.6. The summed E-state index contributed by atoms with van der Waals surface area (Å²) < 4.78 is 25.1. The average Bonchev–Trinajstić information content (AvgIpc) is 3.59. The first kappa shape index (κ1) is 37.0. The lowest BCUT2D eigenvalue weighted by atomic mass is 9.46. The molecule has 5 saturated carbocycles. The van der Waals surface area contributed by atoms with Gasteiger partial charge in [-0.05, 0) is 144 Å². The first-order valence-corrected chi connectivity index (χ1v) is 19.6. The van der Waals surface area contributed by atoms with E-state index in [4.69, 9.17) is 18.9 Å². The molecule has 8 heteroatoms. The first-order valence-electron chi connectivity index (χ1n) is 19.6. The zero-order valence-corrected chi connectivity index (χ0v) is 32.2. The number of carbonyl (C=O) groups excluding carboxylic acids is 1. The van der Waals surface area contributed by atoms with Gasteiger partial charge in [0.2, 0.25) is 5.91 Å². The lowest BCUT2D eigenvalue weighted by Crippen LogP contribution is -2.57. The van der Waals surface area contributed by atoms with Crippen molar-refractivity contribution < 1.29 is 28.8 Å². The zero-order valence-electron chi connectivity index (χ0n) is 32.2. The fraction of sp³-hybridized carbons (Fsp3) is 0.975. The minimum absolute atomic E-state index is 0.0877. The van der Waals surface area contributed by atoms with Gasteiger partial charge in [0.15, 0.2) is 6.29 Å². The Hall–Kier alpha value is -0.770. The van der Waals surface area contributed by atoms with Crippen LogP contribution in [0, 0.1) is 45.3 Å². The van der Waals surface area contributed by atoms with Gasteiger partial charge in [0, 0.05) is 34.4 Å². The predicted molar refractivity (Wildman–Crippen MR) is 188 cm³/mol. The normalized spacial score (nSPS) is 42.5. The number of carbonyl (C=O) groups is 1. The second kappa shape index (κ2) is 13.3. The number of methoxy groups -OCH3 is 1. The van der Waals surface area contributed by atoms with E-state index in [1.165, 1.54) is 51.4 Å². The molecule has 5 unspecified atom stereocenters. The number of aliphatic hydroxyl groups is 1. The molecule has 0 aromatic carbocycles. The highest BCUT2D eigenvalue weighted by Crippen LogP contribution is 2.87. The monoisotopic (exact) mass is 675 g/mol. The molecular formula is C40H70N2O6. The summed E-state index contributed by atoms with van der Waals surface area (Å²) in [5, 5.41) is 10.9. The Labute approximate surface area is 292 Å². The van der Waals surface area contributed by atoms with Gasteiger partial charge in [0.25, 0.3) is 0 Å². The molecule has 1 aliphatic heterocycles. The number of ether oxygens (including phenoxy) is 4. The number of fused-ring (bicyclic) bond motifs is 2. The molecule has 6 fully saturated rings. The number of hydrogen-bond donors (Lipinski definition) is 1. The van der Waals surface area contributed by atoms with E-state index in [1.807, 2.05) is 41.8 Å². The van der Waals surface area contributed by atoms with Crippen LogP contribution in [-0.2, 0) is 23.7 Å². The van der Waals surface area contributed by atoms with Gasteiger partial charge in [0.1, 0.15) is 6.10 Å². The molecule has 0 bridgehead atoms. The molecule has 276 valence electrons. The van der Waals surface area contributed by atoms with Gasteiger partial charge in [-0.1, -0.05) is 20.8 Å². The highest BCUT2D eigenvalue weighted by Gasteiger charge is 2.80. The Morgan fingerprint density at radius 2 is 1.77 bits per heavy atom. The van der Waals surface area contributed by atoms with Crippen LogP contribution in [0.1, 0.15) is 119 Å². The molecule has 2 spiro atoms. The summed E-state index contributed by atoms with van der Waals surface area (Å²) >= 11 is 0. The smallest absolute Gasteiger partial charge is 0.239 e. The summed E-state index contributed by atoms with van der Waals surface area (Å²) in [5.41, 5.74) is 0.610. The van der Waals surface area contributed by atoms with E-state index >= 15 is 0 Å². The van der Waals surface area contributed by atoms with Gasteiger partial charge in [-0.2, -0.15) is 0 Å². The molecular weight excluding hydrogens is 604 g/mol. The van der Waals surface area contributed by atoms with Crippen molar-refractivity contribution in [3.63, 3.8) is 0 Å². The molecule has 0 radical (unpaired) electrons. The van der Waals surface area contributed by atoms with Crippen LogP contribution in [-0.4, -0.2) is 105 Å². The zero-order chi connectivity index (χ0) is 34.9. The third-order valence-electron chi connectivity index (χ3n) is 15.6. The van der Waals surface area contributed by atoms with Crippen molar-refractivity contribution in [2.24, 2.45) is 45.3 Å². The van der Waals surface area contributed by atoms with Crippen molar-refractivity contribution in [3.05, 3.63) is 0 Å². The molecule has 6 rings (SSSR count). The van der Waals surface area contributed by atoms with E-state index in [9.17, 15) is 9.90 Å². The summed E-state index contributed by atoms with van der Waals surface area (Å²) in [6, 6.07) is -0.160. The minimum atomic E-state index is -0.929. The van der Waals surface area contributed by atoms with Crippen molar-refractivity contribution >= 4 is 5.91 Å². The van der Waals surface area contributed by atoms with Crippen molar-refractivity contribution in [2.45, 2.75) is 155 Å². The van der Waals surface area contributed by atoms with Crippen LogP contribution < -0.4 is 0 Å². The van der Waals surface area contributed by atoms with E-state index in [0.29, 0.717) is 41.9 Å². The number of rotatable bonds is 12. The average molecular weight is 675 g/mol. The summed E-state index contributed by atoms with van der Waals surface area (Å²) in [5.74, 6) is 3.27. The molecule has 0 aromatic rings. The molecule has 12 atom stereocenters. The Bertz CT molecular complexity index is 1160. The minimum Gasteiger partial charge on any atom is -0.388 e. The highest BCUT2D eigenvalue weighted by molar-refractivity contribution is 5.80. The number of nitrogens with zero attached hydrogens (tertiary/aromatic N) is 2. The van der Waals surface area contributed by atoms with E-state index in [0.717, 1.165) is 43.6 Å². The number of likely N-dealkylation sites (N-methyl/N-ethyl adjacent to an activating group) is 1. The maximum Gasteiger partial charge on any atom is 0.239 e. The highest BCUT2D eigenvalue weighted by atomic mass is 16.7. The number of amides is 1.